The van der Waals surface area contributed by atoms with Crippen molar-refractivity contribution in [1.29, 1.82) is 0 Å². The molecule has 0 bridgehead atoms. The molecule has 4 rings (SSSR count). The lowest BCUT2D eigenvalue weighted by atomic mass is 9.89. The first-order valence-corrected chi connectivity index (χ1v) is 8.66. The van der Waals surface area contributed by atoms with Crippen LogP contribution in [0.25, 0.3) is 0 Å². The monoisotopic (exact) mass is 330 g/mol. The number of carbonyl (C=O) groups excluding carboxylic acids is 2. The van der Waals surface area contributed by atoms with E-state index in [2.05, 4.69) is 9.97 Å². The maximum Gasteiger partial charge on any atom is 0.274 e. The summed E-state index contributed by atoms with van der Waals surface area (Å²) in [7, 11) is 0. The van der Waals surface area contributed by atoms with Crippen molar-refractivity contribution in [2.24, 2.45) is 0 Å². The van der Waals surface area contributed by atoms with E-state index in [-0.39, 0.29) is 23.5 Å². The number of likely N-dealkylation sites (tertiary alicyclic amines) is 2. The van der Waals surface area contributed by atoms with Crippen LogP contribution in [0.3, 0.4) is 0 Å². The minimum absolute atomic E-state index is 0.0945. The van der Waals surface area contributed by atoms with Gasteiger partial charge in [-0.3, -0.25) is 14.6 Å². The van der Waals surface area contributed by atoms with Crippen LogP contribution in [0.15, 0.2) is 18.6 Å². The predicted molar refractivity (Wildman–Crippen MR) is 85.2 cm³/mol. The third-order valence-corrected chi connectivity index (χ3v) is 5.40. The van der Waals surface area contributed by atoms with Gasteiger partial charge in [0.25, 0.3) is 5.91 Å². The van der Waals surface area contributed by atoms with E-state index >= 15 is 0 Å². The molecule has 0 saturated carbocycles. The van der Waals surface area contributed by atoms with Gasteiger partial charge in [-0.05, 0) is 25.7 Å². The predicted octanol–water partition coefficient (Wildman–Crippen LogP) is 0.863. The van der Waals surface area contributed by atoms with E-state index in [1.165, 1.54) is 12.4 Å². The number of ether oxygens (including phenoxy) is 1. The van der Waals surface area contributed by atoms with Gasteiger partial charge in [-0.1, -0.05) is 0 Å². The summed E-state index contributed by atoms with van der Waals surface area (Å²) in [6, 6.07) is 0.250. The maximum absolute atomic E-state index is 12.6. The molecular weight excluding hydrogens is 308 g/mol. The Morgan fingerprint density at radius 1 is 1.33 bits per heavy atom. The first kappa shape index (κ1) is 15.5. The quantitative estimate of drug-likeness (QED) is 0.804. The topological polar surface area (TPSA) is 75.6 Å². The first-order valence-electron chi connectivity index (χ1n) is 8.66. The Bertz CT molecular complexity index is 638. The summed E-state index contributed by atoms with van der Waals surface area (Å²) in [5.74, 6) is 0.172. The average molecular weight is 330 g/mol. The van der Waals surface area contributed by atoms with E-state index in [1.54, 1.807) is 11.1 Å². The highest BCUT2D eigenvalue weighted by Crippen LogP contribution is 2.37. The van der Waals surface area contributed by atoms with Gasteiger partial charge in [-0.2, -0.15) is 0 Å². The lowest BCUT2D eigenvalue weighted by Crippen LogP contribution is -2.50. The van der Waals surface area contributed by atoms with Gasteiger partial charge in [0, 0.05) is 44.6 Å². The Morgan fingerprint density at radius 2 is 2.25 bits per heavy atom. The molecule has 2 atom stereocenters. The Balaban J connectivity index is 1.45. The number of hydrogen-bond donors (Lipinski definition) is 0. The molecule has 0 aliphatic carbocycles. The standard InChI is InChI=1S/C17H22N4O3/c22-15-2-1-7-21(15)13-3-9-24-17(10-13)4-8-20(12-17)16(23)14-11-18-5-6-19-14/h5-6,11,13H,1-4,7-10,12H2/t13-,17+/m1/s1. The second kappa shape index (κ2) is 6.12. The summed E-state index contributed by atoms with van der Waals surface area (Å²) >= 11 is 0. The van der Waals surface area contributed by atoms with Gasteiger partial charge >= 0.3 is 0 Å². The lowest BCUT2D eigenvalue weighted by molar-refractivity contribution is -0.137. The third-order valence-electron chi connectivity index (χ3n) is 5.40. The lowest BCUT2D eigenvalue weighted by Gasteiger charge is -2.41. The van der Waals surface area contributed by atoms with E-state index in [9.17, 15) is 9.59 Å². The van der Waals surface area contributed by atoms with Crippen LogP contribution in [-0.4, -0.2) is 69.5 Å². The highest BCUT2D eigenvalue weighted by molar-refractivity contribution is 5.92. The highest BCUT2D eigenvalue weighted by Gasteiger charge is 2.47. The number of hydrogen-bond acceptors (Lipinski definition) is 5. The Hall–Kier alpha value is -2.02. The van der Waals surface area contributed by atoms with Crippen molar-refractivity contribution in [3.05, 3.63) is 24.3 Å². The molecule has 4 heterocycles. The molecule has 0 unspecified atom stereocenters. The number of carbonyl (C=O) groups is 2. The minimum Gasteiger partial charge on any atom is -0.373 e. The Kier molecular flexibility index (Phi) is 3.96. The Morgan fingerprint density at radius 3 is 3.00 bits per heavy atom. The number of rotatable bonds is 2. The van der Waals surface area contributed by atoms with Gasteiger partial charge < -0.3 is 14.5 Å². The molecule has 1 spiro atoms. The fraction of sp³-hybridized carbons (Fsp3) is 0.647. The molecule has 7 nitrogen and oxygen atoms in total. The largest absolute Gasteiger partial charge is 0.373 e. The van der Waals surface area contributed by atoms with E-state index < -0.39 is 0 Å². The van der Waals surface area contributed by atoms with E-state index in [0.29, 0.717) is 31.8 Å². The second-order valence-corrected chi connectivity index (χ2v) is 6.94. The molecule has 0 aromatic carbocycles. The number of nitrogens with zero attached hydrogens (tertiary/aromatic N) is 4. The molecular formula is C17H22N4O3. The summed E-state index contributed by atoms with van der Waals surface area (Å²) in [5.41, 5.74) is 0.0561. The summed E-state index contributed by atoms with van der Waals surface area (Å²) in [4.78, 5) is 36.5. The van der Waals surface area contributed by atoms with Crippen molar-refractivity contribution in [2.45, 2.75) is 43.7 Å². The molecule has 3 fully saturated rings. The van der Waals surface area contributed by atoms with Gasteiger partial charge in [-0.25, -0.2) is 4.98 Å². The van der Waals surface area contributed by atoms with Gasteiger partial charge in [0.15, 0.2) is 0 Å². The van der Waals surface area contributed by atoms with Crippen molar-refractivity contribution in [3.8, 4) is 0 Å². The van der Waals surface area contributed by atoms with E-state index in [1.807, 2.05) is 4.90 Å². The van der Waals surface area contributed by atoms with Crippen molar-refractivity contribution in [3.63, 3.8) is 0 Å². The van der Waals surface area contributed by atoms with Gasteiger partial charge in [0.1, 0.15) is 5.69 Å². The van der Waals surface area contributed by atoms with Gasteiger partial charge in [0.2, 0.25) is 5.91 Å². The summed E-state index contributed by atoms with van der Waals surface area (Å²) in [6.07, 6.45) is 8.75. The molecule has 3 saturated heterocycles. The summed E-state index contributed by atoms with van der Waals surface area (Å²) in [6.45, 7) is 2.75. The molecule has 1 aromatic heterocycles. The minimum atomic E-state index is -0.316. The fourth-order valence-corrected chi connectivity index (χ4v) is 4.20. The van der Waals surface area contributed by atoms with Crippen LogP contribution in [0.5, 0.6) is 0 Å². The zero-order valence-corrected chi connectivity index (χ0v) is 13.7. The molecule has 7 heteroatoms. The number of aromatic nitrogens is 2. The van der Waals surface area contributed by atoms with Crippen molar-refractivity contribution < 1.29 is 14.3 Å². The normalized spacial score (nSPS) is 30.3. The van der Waals surface area contributed by atoms with Crippen molar-refractivity contribution >= 4 is 11.8 Å². The van der Waals surface area contributed by atoms with Crippen LogP contribution in [0.2, 0.25) is 0 Å². The molecule has 0 radical (unpaired) electrons. The molecule has 0 N–H and O–H groups in total. The first-order chi connectivity index (χ1) is 11.7. The molecule has 2 amide bonds. The van der Waals surface area contributed by atoms with Gasteiger partial charge in [0.05, 0.1) is 18.3 Å². The Labute approximate surface area is 141 Å². The SMILES string of the molecule is O=C(c1cnccn1)N1CC[C@]2(C[C@H](N3CCCC3=O)CCO2)C1. The summed E-state index contributed by atoms with van der Waals surface area (Å²) < 4.78 is 6.10. The van der Waals surface area contributed by atoms with Crippen LogP contribution >= 0.6 is 0 Å². The molecule has 3 aliphatic heterocycles. The smallest absolute Gasteiger partial charge is 0.274 e. The van der Waals surface area contributed by atoms with Crippen LogP contribution in [0.1, 0.15) is 42.6 Å². The second-order valence-electron chi connectivity index (χ2n) is 6.94. The summed E-state index contributed by atoms with van der Waals surface area (Å²) in [5, 5.41) is 0. The molecule has 3 aliphatic rings. The fourth-order valence-electron chi connectivity index (χ4n) is 4.20. The maximum atomic E-state index is 12.6. The van der Waals surface area contributed by atoms with E-state index in [4.69, 9.17) is 4.74 Å². The third kappa shape index (κ3) is 2.77. The van der Waals surface area contributed by atoms with Crippen molar-refractivity contribution in [1.82, 2.24) is 19.8 Å². The zero-order chi connectivity index (χ0) is 16.6. The van der Waals surface area contributed by atoms with Gasteiger partial charge in [-0.15, -0.1) is 0 Å². The van der Waals surface area contributed by atoms with Crippen LogP contribution in [0, 0.1) is 0 Å². The number of amides is 2. The molecule has 1 aromatic rings. The average Bonchev–Trinajstić information content (AvgIpc) is 3.22. The zero-order valence-electron chi connectivity index (χ0n) is 13.7. The molecule has 24 heavy (non-hydrogen) atoms. The van der Waals surface area contributed by atoms with Crippen LogP contribution in [0.4, 0.5) is 0 Å². The van der Waals surface area contributed by atoms with Crippen LogP contribution in [-0.2, 0) is 9.53 Å². The molecule has 128 valence electrons. The van der Waals surface area contributed by atoms with E-state index in [0.717, 1.165) is 32.2 Å². The van der Waals surface area contributed by atoms with Crippen molar-refractivity contribution in [2.75, 3.05) is 26.2 Å². The highest BCUT2D eigenvalue weighted by atomic mass is 16.5. The van der Waals surface area contributed by atoms with Crippen LogP contribution < -0.4 is 0 Å².